The van der Waals surface area contributed by atoms with Crippen LogP contribution in [0.5, 0.6) is 17.2 Å². The Labute approximate surface area is 225 Å². The highest BCUT2D eigenvalue weighted by Gasteiger charge is 2.39. The standard InChI is InChI=1S/C31H21F3O6/c1-37-24-14-10-20(16-26(24)38-2)28-29(36)23-13-12-21(17-25(23)40-30(28)31(32,33)34)39-27(35)15-11-19-8-5-7-18-6-3-4-9-22(18)19/h3-17H,1-2H3. The summed E-state index contributed by atoms with van der Waals surface area (Å²) >= 11 is 0. The van der Waals surface area contributed by atoms with E-state index in [2.05, 4.69) is 0 Å². The molecule has 5 aromatic rings. The molecule has 0 atom stereocenters. The van der Waals surface area contributed by atoms with Gasteiger partial charge in [-0.1, -0.05) is 48.5 Å². The van der Waals surface area contributed by atoms with Crippen molar-refractivity contribution in [3.05, 3.63) is 106 Å². The molecule has 0 saturated carbocycles. The molecule has 1 heterocycles. The molecule has 0 aliphatic heterocycles. The number of rotatable bonds is 6. The van der Waals surface area contributed by atoms with E-state index in [0.717, 1.165) is 22.4 Å². The quantitative estimate of drug-likeness (QED) is 0.127. The molecule has 0 bridgehead atoms. The zero-order valence-corrected chi connectivity index (χ0v) is 21.2. The van der Waals surface area contributed by atoms with E-state index in [4.69, 9.17) is 18.6 Å². The minimum Gasteiger partial charge on any atom is -0.493 e. The van der Waals surface area contributed by atoms with Crippen LogP contribution in [0.15, 0.2) is 94.2 Å². The minimum absolute atomic E-state index is 0.0605. The summed E-state index contributed by atoms with van der Waals surface area (Å²) < 4.78 is 63.0. The van der Waals surface area contributed by atoms with Gasteiger partial charge in [-0.2, -0.15) is 13.2 Å². The summed E-state index contributed by atoms with van der Waals surface area (Å²) in [7, 11) is 2.71. The molecule has 202 valence electrons. The molecule has 5 rings (SSSR count). The Morgan fingerprint density at radius 3 is 2.35 bits per heavy atom. The van der Waals surface area contributed by atoms with Crippen LogP contribution in [0.1, 0.15) is 11.3 Å². The van der Waals surface area contributed by atoms with Crippen LogP contribution in [0.2, 0.25) is 0 Å². The molecule has 0 radical (unpaired) electrons. The van der Waals surface area contributed by atoms with Crippen LogP contribution in [0.4, 0.5) is 13.2 Å². The van der Waals surface area contributed by atoms with Crippen LogP contribution in [0.25, 0.3) is 38.9 Å². The van der Waals surface area contributed by atoms with Gasteiger partial charge in [0.05, 0.1) is 25.2 Å². The van der Waals surface area contributed by atoms with Gasteiger partial charge in [-0.25, -0.2) is 4.79 Å². The van der Waals surface area contributed by atoms with Gasteiger partial charge in [0.25, 0.3) is 0 Å². The fourth-order valence-corrected chi connectivity index (χ4v) is 4.39. The summed E-state index contributed by atoms with van der Waals surface area (Å²) in [5.41, 5.74) is -1.24. The van der Waals surface area contributed by atoms with Gasteiger partial charge in [0.2, 0.25) is 11.2 Å². The first-order chi connectivity index (χ1) is 19.2. The summed E-state index contributed by atoms with van der Waals surface area (Å²) in [6, 6.07) is 20.9. The van der Waals surface area contributed by atoms with Crippen LogP contribution in [0.3, 0.4) is 0 Å². The largest absolute Gasteiger partial charge is 0.493 e. The van der Waals surface area contributed by atoms with Gasteiger partial charge >= 0.3 is 12.1 Å². The molecule has 9 heteroatoms. The monoisotopic (exact) mass is 546 g/mol. The fourth-order valence-electron chi connectivity index (χ4n) is 4.39. The highest BCUT2D eigenvalue weighted by molar-refractivity contribution is 5.95. The van der Waals surface area contributed by atoms with E-state index in [1.807, 2.05) is 42.5 Å². The summed E-state index contributed by atoms with van der Waals surface area (Å²) in [6.07, 6.45) is -2.20. The molecule has 0 fully saturated rings. The molecular formula is C31H21F3O6. The Balaban J connectivity index is 1.50. The van der Waals surface area contributed by atoms with Crippen LogP contribution in [0, 0.1) is 0 Å². The van der Waals surface area contributed by atoms with Gasteiger partial charge in [-0.3, -0.25) is 4.79 Å². The SMILES string of the molecule is COc1ccc(-c2c(C(F)(F)F)oc3cc(OC(=O)C=Cc4cccc5ccccc45)ccc3c2=O)cc1OC. The van der Waals surface area contributed by atoms with Gasteiger partial charge in [0.15, 0.2) is 11.5 Å². The third kappa shape index (κ3) is 5.13. The number of carbonyl (C=O) groups is 1. The van der Waals surface area contributed by atoms with E-state index in [-0.39, 0.29) is 33.8 Å². The van der Waals surface area contributed by atoms with Crippen molar-refractivity contribution in [2.75, 3.05) is 14.2 Å². The van der Waals surface area contributed by atoms with Gasteiger partial charge in [0.1, 0.15) is 11.3 Å². The lowest BCUT2D eigenvalue weighted by molar-refractivity contribution is -0.152. The maximum atomic E-state index is 14.1. The topological polar surface area (TPSA) is 75.0 Å². The molecule has 1 aromatic heterocycles. The average Bonchev–Trinajstić information content (AvgIpc) is 2.95. The Morgan fingerprint density at radius 2 is 1.60 bits per heavy atom. The zero-order chi connectivity index (χ0) is 28.4. The molecule has 0 N–H and O–H groups in total. The first kappa shape index (κ1) is 26.6. The number of hydrogen-bond donors (Lipinski definition) is 0. The third-order valence-electron chi connectivity index (χ3n) is 6.23. The number of carbonyl (C=O) groups excluding carboxylic acids is 1. The normalized spacial score (nSPS) is 11.7. The average molecular weight is 546 g/mol. The highest BCUT2D eigenvalue weighted by atomic mass is 19.4. The second-order valence-electron chi connectivity index (χ2n) is 8.68. The van der Waals surface area contributed by atoms with E-state index in [0.29, 0.717) is 0 Å². The zero-order valence-electron chi connectivity index (χ0n) is 21.2. The summed E-state index contributed by atoms with van der Waals surface area (Å²) in [4.78, 5) is 25.8. The molecule has 0 amide bonds. The lowest BCUT2D eigenvalue weighted by Crippen LogP contribution is -2.16. The highest BCUT2D eigenvalue weighted by Crippen LogP contribution is 2.40. The molecular weight excluding hydrogens is 525 g/mol. The maximum Gasteiger partial charge on any atom is 0.450 e. The molecule has 0 aliphatic rings. The smallest absolute Gasteiger partial charge is 0.450 e. The van der Waals surface area contributed by atoms with Crippen LogP contribution < -0.4 is 19.6 Å². The number of esters is 1. The molecule has 6 nitrogen and oxygen atoms in total. The van der Waals surface area contributed by atoms with Gasteiger partial charge in [0, 0.05) is 12.1 Å². The van der Waals surface area contributed by atoms with Crippen molar-refractivity contribution in [3.8, 4) is 28.4 Å². The van der Waals surface area contributed by atoms with Crippen LogP contribution in [-0.4, -0.2) is 20.2 Å². The Kier molecular flexibility index (Phi) is 7.04. The van der Waals surface area contributed by atoms with E-state index in [9.17, 15) is 22.8 Å². The van der Waals surface area contributed by atoms with Crippen molar-refractivity contribution >= 4 is 33.8 Å². The van der Waals surface area contributed by atoms with Gasteiger partial charge in [-0.15, -0.1) is 0 Å². The number of fused-ring (bicyclic) bond motifs is 2. The van der Waals surface area contributed by atoms with E-state index in [1.54, 1.807) is 6.08 Å². The number of benzene rings is 4. The molecule has 0 unspecified atom stereocenters. The van der Waals surface area contributed by atoms with Crippen molar-refractivity contribution in [1.29, 1.82) is 0 Å². The summed E-state index contributed by atoms with van der Waals surface area (Å²) in [6.45, 7) is 0. The van der Waals surface area contributed by atoms with Gasteiger partial charge < -0.3 is 18.6 Å². The molecule has 0 aliphatic carbocycles. The van der Waals surface area contributed by atoms with E-state index < -0.39 is 28.9 Å². The lowest BCUT2D eigenvalue weighted by Gasteiger charge is -2.14. The molecule has 0 saturated heterocycles. The number of hydrogen-bond acceptors (Lipinski definition) is 6. The van der Waals surface area contributed by atoms with Crippen LogP contribution in [-0.2, 0) is 11.0 Å². The van der Waals surface area contributed by atoms with Gasteiger partial charge in [-0.05, 0) is 52.2 Å². The fraction of sp³-hybridized carbons (Fsp3) is 0.0968. The maximum absolute atomic E-state index is 14.1. The number of halogens is 3. The number of methoxy groups -OCH3 is 2. The molecule has 40 heavy (non-hydrogen) atoms. The van der Waals surface area contributed by atoms with Crippen molar-refractivity contribution in [1.82, 2.24) is 0 Å². The molecule has 4 aromatic carbocycles. The molecule has 0 spiro atoms. The Hall–Kier alpha value is -5.05. The Bertz CT molecular complexity index is 1830. The van der Waals surface area contributed by atoms with Crippen molar-refractivity contribution in [2.24, 2.45) is 0 Å². The van der Waals surface area contributed by atoms with Crippen molar-refractivity contribution in [2.45, 2.75) is 6.18 Å². The lowest BCUT2D eigenvalue weighted by atomic mass is 10.0. The first-order valence-corrected chi connectivity index (χ1v) is 12.0. The van der Waals surface area contributed by atoms with Crippen LogP contribution >= 0.6 is 0 Å². The predicted molar refractivity (Wildman–Crippen MR) is 145 cm³/mol. The van der Waals surface area contributed by atoms with E-state index >= 15 is 0 Å². The van der Waals surface area contributed by atoms with Crippen molar-refractivity contribution in [3.63, 3.8) is 0 Å². The van der Waals surface area contributed by atoms with E-state index in [1.165, 1.54) is 50.6 Å². The first-order valence-electron chi connectivity index (χ1n) is 12.0. The Morgan fingerprint density at radius 1 is 0.850 bits per heavy atom. The number of alkyl halides is 3. The second-order valence-corrected chi connectivity index (χ2v) is 8.68. The van der Waals surface area contributed by atoms with Crippen molar-refractivity contribution < 1.29 is 36.6 Å². The second kappa shape index (κ2) is 10.6. The minimum atomic E-state index is -5.00. The summed E-state index contributed by atoms with van der Waals surface area (Å²) in [5, 5.41) is 1.81. The summed E-state index contributed by atoms with van der Waals surface area (Å²) in [5.74, 6) is -1.91. The third-order valence-corrected chi connectivity index (χ3v) is 6.23. The predicted octanol–water partition coefficient (Wildman–Crippen LogP) is 7.27. The number of ether oxygens (including phenoxy) is 3.